The van der Waals surface area contributed by atoms with Crippen LogP contribution in [-0.2, 0) is 11.3 Å². The van der Waals surface area contributed by atoms with Crippen molar-refractivity contribution in [3.63, 3.8) is 0 Å². The van der Waals surface area contributed by atoms with E-state index >= 15 is 0 Å². The maximum atomic E-state index is 12.4. The fraction of sp³-hybridized carbons (Fsp3) is 0.250. The highest BCUT2D eigenvalue weighted by Gasteiger charge is 2.19. The molecule has 0 aromatic heterocycles. The number of nitrogens with one attached hydrogen (secondary N) is 1. The van der Waals surface area contributed by atoms with Gasteiger partial charge in [-0.1, -0.05) is 17.7 Å². The number of thioether (sulfide) groups is 1. The van der Waals surface area contributed by atoms with Gasteiger partial charge in [0.2, 0.25) is 0 Å². The van der Waals surface area contributed by atoms with Crippen LogP contribution < -0.4 is 10.2 Å². The molecule has 0 saturated carbocycles. The van der Waals surface area contributed by atoms with E-state index in [2.05, 4.69) is 5.48 Å². The van der Waals surface area contributed by atoms with Crippen LogP contribution in [0.3, 0.4) is 0 Å². The summed E-state index contributed by atoms with van der Waals surface area (Å²) in [5, 5.41) is 0.369. The molecular weight excluding hydrogens is 370 g/mol. The number of benzene rings is 2. The average molecular weight is 390 g/mol. The van der Waals surface area contributed by atoms with Crippen molar-refractivity contribution in [1.29, 1.82) is 0 Å². The van der Waals surface area contributed by atoms with Gasteiger partial charge < -0.3 is 9.57 Å². The number of hydrogen-bond donors (Lipinski definition) is 1. The number of allylic oxidation sites excluding steroid dienone is 1. The van der Waals surface area contributed by atoms with E-state index in [9.17, 15) is 4.79 Å². The van der Waals surface area contributed by atoms with Gasteiger partial charge in [-0.15, -0.1) is 11.8 Å². The number of carbonyl (C=O) groups excluding carboxylic acids is 1. The number of hydrogen-bond acceptors (Lipinski definition) is 5. The minimum Gasteiger partial charge on any atom is -0.496 e. The van der Waals surface area contributed by atoms with Gasteiger partial charge in [0.25, 0.3) is 0 Å². The minimum atomic E-state index is -0.510. The van der Waals surface area contributed by atoms with Crippen molar-refractivity contribution >= 4 is 35.0 Å². The van der Waals surface area contributed by atoms with Gasteiger partial charge in [-0.3, -0.25) is 0 Å². The predicted octanol–water partition coefficient (Wildman–Crippen LogP) is 5.03. The molecule has 3 rings (SSSR count). The number of fused-ring (bicyclic) bond motifs is 1. The van der Waals surface area contributed by atoms with E-state index in [0.29, 0.717) is 10.6 Å². The third-order valence-corrected chi connectivity index (χ3v) is 5.50. The van der Waals surface area contributed by atoms with Gasteiger partial charge in [0, 0.05) is 10.5 Å². The van der Waals surface area contributed by atoms with Crippen LogP contribution in [0.4, 0.5) is 0 Å². The summed E-state index contributed by atoms with van der Waals surface area (Å²) >= 11 is 7.68. The summed E-state index contributed by atoms with van der Waals surface area (Å²) in [6.07, 6.45) is 5.77. The molecule has 1 N–H and O–H groups in total. The number of carbonyl (C=O) groups is 1. The molecule has 0 radical (unpaired) electrons. The molecular formula is C20H20ClNO3S. The fourth-order valence-electron chi connectivity index (χ4n) is 3.04. The fourth-order valence-corrected chi connectivity index (χ4v) is 3.68. The lowest BCUT2D eigenvalue weighted by molar-refractivity contribution is 0.0368. The van der Waals surface area contributed by atoms with Crippen molar-refractivity contribution in [1.82, 2.24) is 5.48 Å². The molecule has 0 amide bonds. The Morgan fingerprint density at radius 3 is 2.81 bits per heavy atom. The summed E-state index contributed by atoms with van der Waals surface area (Å²) in [5.74, 6) is 0.354. The molecule has 0 bridgehead atoms. The van der Waals surface area contributed by atoms with E-state index in [1.807, 2.05) is 37.5 Å². The Labute approximate surface area is 162 Å². The van der Waals surface area contributed by atoms with Crippen LogP contribution in [0.2, 0.25) is 5.02 Å². The van der Waals surface area contributed by atoms with Crippen molar-refractivity contribution in [3.8, 4) is 5.75 Å². The molecule has 4 nitrogen and oxygen atoms in total. The second-order valence-electron chi connectivity index (χ2n) is 5.91. The van der Waals surface area contributed by atoms with Gasteiger partial charge in [-0.25, -0.2) is 10.3 Å². The third-order valence-electron chi connectivity index (χ3n) is 4.45. The highest BCUT2D eigenvalue weighted by Crippen LogP contribution is 2.32. The lowest BCUT2D eigenvalue weighted by Gasteiger charge is -2.21. The Bertz CT molecular complexity index is 880. The van der Waals surface area contributed by atoms with Gasteiger partial charge in [0.05, 0.1) is 23.4 Å². The summed E-state index contributed by atoms with van der Waals surface area (Å²) in [6, 6.07) is 9.21. The molecule has 0 spiro atoms. The summed E-state index contributed by atoms with van der Waals surface area (Å²) in [7, 11) is 1.67. The van der Waals surface area contributed by atoms with Crippen molar-refractivity contribution in [2.45, 2.75) is 24.7 Å². The number of methoxy groups -OCH3 is 1. The van der Waals surface area contributed by atoms with E-state index in [-0.39, 0.29) is 0 Å². The molecule has 6 heteroatoms. The molecule has 1 aliphatic rings. The van der Waals surface area contributed by atoms with Crippen LogP contribution in [0.25, 0.3) is 5.70 Å². The first-order chi connectivity index (χ1) is 12.5. The van der Waals surface area contributed by atoms with E-state index in [4.69, 9.17) is 21.2 Å². The second kappa shape index (κ2) is 8.06. The molecule has 136 valence electrons. The van der Waals surface area contributed by atoms with Crippen molar-refractivity contribution in [3.05, 3.63) is 63.7 Å². The number of rotatable bonds is 5. The number of halogens is 1. The first kappa shape index (κ1) is 18.7. The van der Waals surface area contributed by atoms with Crippen LogP contribution in [-0.4, -0.2) is 19.3 Å². The number of ether oxygens (including phenoxy) is 1. The molecule has 26 heavy (non-hydrogen) atoms. The van der Waals surface area contributed by atoms with E-state index < -0.39 is 5.97 Å². The Morgan fingerprint density at radius 1 is 1.27 bits per heavy atom. The molecule has 2 aromatic rings. The van der Waals surface area contributed by atoms with Crippen LogP contribution in [0, 0.1) is 6.92 Å². The van der Waals surface area contributed by atoms with Gasteiger partial charge in [0.15, 0.2) is 0 Å². The first-order valence-corrected chi connectivity index (χ1v) is 9.83. The molecule has 0 aliphatic heterocycles. The van der Waals surface area contributed by atoms with Crippen LogP contribution in [0.5, 0.6) is 5.75 Å². The molecule has 2 aromatic carbocycles. The monoisotopic (exact) mass is 389 g/mol. The second-order valence-corrected chi connectivity index (χ2v) is 7.20. The zero-order valence-electron chi connectivity index (χ0n) is 14.9. The Morgan fingerprint density at radius 2 is 2.08 bits per heavy atom. The SMILES string of the molecule is COc1ccc2c(c1C)CCC=C2NOC(=O)c1cc(SC)ccc1Cl. The Balaban J connectivity index is 1.78. The van der Waals surface area contributed by atoms with Gasteiger partial charge in [-0.2, -0.15) is 0 Å². The number of hydroxylamine groups is 1. The maximum Gasteiger partial charge on any atom is 0.364 e. The lowest BCUT2D eigenvalue weighted by atomic mass is 9.91. The van der Waals surface area contributed by atoms with E-state index in [1.165, 1.54) is 5.56 Å². The molecule has 1 aliphatic carbocycles. The molecule has 0 atom stereocenters. The lowest BCUT2D eigenvalue weighted by Crippen LogP contribution is -2.21. The van der Waals surface area contributed by atoms with E-state index in [1.54, 1.807) is 31.0 Å². The topological polar surface area (TPSA) is 47.6 Å². The summed E-state index contributed by atoms with van der Waals surface area (Å²) in [5.41, 5.74) is 7.26. The normalized spacial score (nSPS) is 12.8. The van der Waals surface area contributed by atoms with E-state index in [0.717, 1.165) is 40.3 Å². The highest BCUT2D eigenvalue weighted by atomic mass is 35.5. The predicted molar refractivity (Wildman–Crippen MR) is 106 cm³/mol. The van der Waals surface area contributed by atoms with Crippen LogP contribution in [0.15, 0.2) is 41.3 Å². The smallest absolute Gasteiger partial charge is 0.364 e. The molecule has 0 unspecified atom stereocenters. The van der Waals surface area contributed by atoms with Gasteiger partial charge >= 0.3 is 5.97 Å². The first-order valence-electron chi connectivity index (χ1n) is 8.23. The maximum absolute atomic E-state index is 12.4. The summed E-state index contributed by atoms with van der Waals surface area (Å²) < 4.78 is 5.40. The minimum absolute atomic E-state index is 0.341. The van der Waals surface area contributed by atoms with Crippen LogP contribution >= 0.6 is 23.4 Å². The van der Waals surface area contributed by atoms with Crippen molar-refractivity contribution in [2.75, 3.05) is 13.4 Å². The third kappa shape index (κ3) is 3.69. The molecule has 0 saturated heterocycles. The van der Waals surface area contributed by atoms with Gasteiger partial charge in [-0.05, 0) is 67.5 Å². The zero-order chi connectivity index (χ0) is 18.7. The highest BCUT2D eigenvalue weighted by molar-refractivity contribution is 7.98. The molecule has 0 fully saturated rings. The van der Waals surface area contributed by atoms with Gasteiger partial charge in [0.1, 0.15) is 5.75 Å². The zero-order valence-corrected chi connectivity index (χ0v) is 16.5. The Kier molecular flexibility index (Phi) is 5.79. The summed E-state index contributed by atoms with van der Waals surface area (Å²) in [6.45, 7) is 2.04. The average Bonchev–Trinajstić information content (AvgIpc) is 2.67. The standard InChI is InChI=1S/C20H20ClNO3S/c1-12-14-5-4-6-18(15(14)8-10-19(12)24-2)22-25-20(23)16-11-13(26-3)7-9-17(16)21/h6-11,22H,4-5H2,1-3H3. The molecule has 0 heterocycles. The Hall–Kier alpha value is -2.11. The van der Waals surface area contributed by atoms with Crippen molar-refractivity contribution in [2.24, 2.45) is 0 Å². The quantitative estimate of drug-likeness (QED) is 0.574. The largest absolute Gasteiger partial charge is 0.496 e. The summed E-state index contributed by atoms with van der Waals surface area (Å²) in [4.78, 5) is 18.7. The van der Waals surface area contributed by atoms with Crippen molar-refractivity contribution < 1.29 is 14.4 Å². The van der Waals surface area contributed by atoms with Crippen LogP contribution in [0.1, 0.15) is 33.5 Å².